The highest BCUT2D eigenvalue weighted by Gasteiger charge is 2.37. The number of hydrogen-bond donors (Lipinski definition) is 2. The third kappa shape index (κ3) is 6.45. The van der Waals surface area contributed by atoms with Crippen LogP contribution in [0.4, 0.5) is 10.5 Å². The van der Waals surface area contributed by atoms with Crippen molar-refractivity contribution in [1.29, 1.82) is 0 Å². The Hall–Kier alpha value is -3.10. The highest BCUT2D eigenvalue weighted by atomic mass is 16.6. The molecule has 0 aromatic heterocycles. The van der Waals surface area contributed by atoms with Gasteiger partial charge in [0.25, 0.3) is 5.91 Å². The number of benzene rings is 1. The Balaban J connectivity index is 2.19. The average Bonchev–Trinajstić information content (AvgIpc) is 3.19. The maximum atomic E-state index is 13.3. The van der Waals surface area contributed by atoms with Crippen LogP contribution in [0.5, 0.6) is 0 Å². The maximum absolute atomic E-state index is 13.3. The Bertz CT molecular complexity index is 862. The summed E-state index contributed by atoms with van der Waals surface area (Å²) in [6, 6.07) is 5.06. The van der Waals surface area contributed by atoms with Gasteiger partial charge in [0, 0.05) is 6.54 Å². The molecule has 0 saturated carbocycles. The fraction of sp³-hybridized carbons (Fsp3) is 0.565. The van der Waals surface area contributed by atoms with E-state index in [-0.39, 0.29) is 17.4 Å². The van der Waals surface area contributed by atoms with Crippen molar-refractivity contribution in [2.45, 2.75) is 65.1 Å². The lowest BCUT2D eigenvalue weighted by atomic mass is 10.0. The summed E-state index contributed by atoms with van der Waals surface area (Å²) in [4.78, 5) is 52.0. The number of para-hydroxylation sites is 1. The number of carbonyl (C=O) groups excluding carboxylic acids is 4. The predicted octanol–water partition coefficient (Wildman–Crippen LogP) is 2.95. The van der Waals surface area contributed by atoms with Gasteiger partial charge < -0.3 is 19.7 Å². The first-order valence-electron chi connectivity index (χ1n) is 10.7. The van der Waals surface area contributed by atoms with Crippen molar-refractivity contribution in [3.05, 3.63) is 29.8 Å². The number of ether oxygens (including phenoxy) is 2. The molecule has 0 bridgehead atoms. The van der Waals surface area contributed by atoms with Crippen LogP contribution in [0.15, 0.2) is 24.3 Å². The Morgan fingerprint density at radius 1 is 1.12 bits per heavy atom. The molecule has 1 fully saturated rings. The molecule has 1 aromatic rings. The van der Waals surface area contributed by atoms with Crippen LogP contribution in [-0.4, -0.2) is 60.1 Å². The highest BCUT2D eigenvalue weighted by Crippen LogP contribution is 2.25. The van der Waals surface area contributed by atoms with Crippen LogP contribution < -0.4 is 10.6 Å². The number of nitrogens with one attached hydrogen (secondary N) is 2. The van der Waals surface area contributed by atoms with Gasteiger partial charge in [-0.05, 0) is 51.7 Å². The number of rotatable bonds is 6. The molecule has 1 aliphatic heterocycles. The van der Waals surface area contributed by atoms with E-state index in [4.69, 9.17) is 9.47 Å². The van der Waals surface area contributed by atoms with Gasteiger partial charge in [0.05, 0.1) is 18.4 Å². The van der Waals surface area contributed by atoms with Crippen molar-refractivity contribution in [2.75, 3.05) is 19.0 Å². The second-order valence-corrected chi connectivity index (χ2v) is 9.08. The first-order chi connectivity index (χ1) is 14.9. The van der Waals surface area contributed by atoms with E-state index in [1.807, 2.05) is 0 Å². The molecule has 1 heterocycles. The summed E-state index contributed by atoms with van der Waals surface area (Å²) >= 11 is 0. The van der Waals surface area contributed by atoms with Gasteiger partial charge >= 0.3 is 12.1 Å². The van der Waals surface area contributed by atoms with Gasteiger partial charge in [0.1, 0.15) is 17.7 Å². The fourth-order valence-electron chi connectivity index (χ4n) is 3.50. The molecule has 1 aromatic carbocycles. The zero-order valence-electron chi connectivity index (χ0n) is 19.6. The average molecular weight is 448 g/mol. The Morgan fingerprint density at radius 2 is 1.78 bits per heavy atom. The van der Waals surface area contributed by atoms with Crippen LogP contribution in [-0.2, 0) is 19.1 Å². The van der Waals surface area contributed by atoms with Gasteiger partial charge in [0.15, 0.2) is 0 Å². The third-order valence-electron chi connectivity index (χ3n) is 5.03. The van der Waals surface area contributed by atoms with E-state index in [1.165, 1.54) is 12.0 Å². The van der Waals surface area contributed by atoms with Crippen LogP contribution in [0, 0.1) is 5.92 Å². The molecule has 176 valence electrons. The van der Waals surface area contributed by atoms with Gasteiger partial charge in [-0.25, -0.2) is 9.59 Å². The van der Waals surface area contributed by atoms with E-state index >= 15 is 0 Å². The zero-order valence-corrected chi connectivity index (χ0v) is 19.6. The van der Waals surface area contributed by atoms with Gasteiger partial charge in [-0.1, -0.05) is 26.0 Å². The molecule has 2 atom stereocenters. The molecule has 0 unspecified atom stereocenters. The molecule has 0 aliphatic carbocycles. The van der Waals surface area contributed by atoms with Gasteiger partial charge in [-0.3, -0.25) is 14.9 Å². The minimum atomic E-state index is -0.800. The Kier molecular flexibility index (Phi) is 8.24. The zero-order chi connectivity index (χ0) is 24.1. The molecule has 1 saturated heterocycles. The lowest BCUT2D eigenvalue weighted by Crippen LogP contribution is -2.52. The van der Waals surface area contributed by atoms with E-state index in [0.717, 1.165) is 0 Å². The summed E-state index contributed by atoms with van der Waals surface area (Å²) in [5.41, 5.74) is -0.132. The van der Waals surface area contributed by atoms with Crippen LogP contribution in [0.25, 0.3) is 0 Å². The standard InChI is InChI=1S/C23H33N3O6/c1-14(2)18(21(29)31-6)25-19(27)17-12-9-13-26(17)20(28)15-10-7-8-11-16(15)24-22(30)32-23(3,4)5/h7-8,10-11,14,17-18H,9,12-13H2,1-6H3,(H,24,30)(H,25,27)/t17-,18+/m1/s1. The van der Waals surface area contributed by atoms with Crippen LogP contribution in [0.3, 0.4) is 0 Å². The summed E-state index contributed by atoms with van der Waals surface area (Å²) in [7, 11) is 1.27. The van der Waals surface area contributed by atoms with Crippen molar-refractivity contribution >= 4 is 29.6 Å². The fourth-order valence-corrected chi connectivity index (χ4v) is 3.50. The Morgan fingerprint density at radius 3 is 2.38 bits per heavy atom. The number of methoxy groups -OCH3 is 1. The molecular formula is C23H33N3O6. The van der Waals surface area contributed by atoms with Crippen molar-refractivity contribution in [3.63, 3.8) is 0 Å². The third-order valence-corrected chi connectivity index (χ3v) is 5.03. The maximum Gasteiger partial charge on any atom is 0.412 e. The number of hydrogen-bond acceptors (Lipinski definition) is 6. The van der Waals surface area contributed by atoms with Gasteiger partial charge in [-0.15, -0.1) is 0 Å². The largest absolute Gasteiger partial charge is 0.467 e. The second-order valence-electron chi connectivity index (χ2n) is 9.08. The smallest absolute Gasteiger partial charge is 0.412 e. The highest BCUT2D eigenvalue weighted by molar-refractivity contribution is 6.04. The molecule has 0 spiro atoms. The number of carbonyl (C=O) groups is 4. The summed E-state index contributed by atoms with van der Waals surface area (Å²) in [5, 5.41) is 5.34. The van der Waals surface area contributed by atoms with E-state index in [0.29, 0.717) is 25.1 Å². The van der Waals surface area contributed by atoms with Crippen molar-refractivity contribution in [3.8, 4) is 0 Å². The Labute approximate surface area is 188 Å². The van der Waals surface area contributed by atoms with Gasteiger partial charge in [-0.2, -0.15) is 0 Å². The SMILES string of the molecule is COC(=O)[C@@H](NC(=O)[C@H]1CCCN1C(=O)c1ccccc1NC(=O)OC(C)(C)C)C(C)C. The summed E-state index contributed by atoms with van der Waals surface area (Å²) in [6.07, 6.45) is 0.452. The minimum absolute atomic E-state index is 0.171. The van der Waals surface area contributed by atoms with E-state index in [9.17, 15) is 19.2 Å². The summed E-state index contributed by atoms with van der Waals surface area (Å²) in [6.45, 7) is 9.24. The van der Waals surface area contributed by atoms with Crippen molar-refractivity contribution in [2.24, 2.45) is 5.92 Å². The topological polar surface area (TPSA) is 114 Å². The molecule has 2 rings (SSSR count). The van der Waals surface area contributed by atoms with Crippen LogP contribution >= 0.6 is 0 Å². The molecule has 0 radical (unpaired) electrons. The molecule has 1 aliphatic rings. The normalized spacial score (nSPS) is 17.0. The summed E-state index contributed by atoms with van der Waals surface area (Å²) < 4.78 is 10.1. The number of amides is 3. The number of esters is 1. The monoisotopic (exact) mass is 447 g/mol. The summed E-state index contributed by atoms with van der Waals surface area (Å²) in [5.74, 6) is -1.49. The second kappa shape index (κ2) is 10.5. The van der Waals surface area contributed by atoms with E-state index < -0.39 is 35.7 Å². The van der Waals surface area contributed by atoms with Crippen molar-refractivity contribution < 1.29 is 28.7 Å². The minimum Gasteiger partial charge on any atom is -0.467 e. The van der Waals surface area contributed by atoms with Crippen LogP contribution in [0.1, 0.15) is 57.8 Å². The number of anilines is 1. The number of nitrogens with zero attached hydrogens (tertiary/aromatic N) is 1. The quantitative estimate of drug-likeness (QED) is 0.648. The van der Waals surface area contributed by atoms with E-state index in [2.05, 4.69) is 10.6 Å². The molecular weight excluding hydrogens is 414 g/mol. The lowest BCUT2D eigenvalue weighted by Gasteiger charge is -2.27. The first kappa shape index (κ1) is 25.2. The predicted molar refractivity (Wildman–Crippen MR) is 119 cm³/mol. The van der Waals surface area contributed by atoms with E-state index in [1.54, 1.807) is 58.9 Å². The molecule has 9 nitrogen and oxygen atoms in total. The molecule has 2 N–H and O–H groups in total. The molecule has 3 amide bonds. The van der Waals surface area contributed by atoms with Crippen molar-refractivity contribution in [1.82, 2.24) is 10.2 Å². The number of likely N-dealkylation sites (tertiary alicyclic amines) is 1. The van der Waals surface area contributed by atoms with Gasteiger partial charge in [0.2, 0.25) is 5.91 Å². The van der Waals surface area contributed by atoms with Crippen LogP contribution in [0.2, 0.25) is 0 Å². The first-order valence-corrected chi connectivity index (χ1v) is 10.7. The lowest BCUT2D eigenvalue weighted by molar-refractivity contribution is -0.146. The molecule has 32 heavy (non-hydrogen) atoms. The molecule has 9 heteroatoms.